The average molecular weight is 323 g/mol. The highest BCUT2D eigenvalue weighted by Crippen LogP contribution is 2.33. The van der Waals surface area contributed by atoms with E-state index in [1.807, 2.05) is 11.0 Å². The smallest absolute Gasteiger partial charge is 0.290 e. The number of piperidine rings is 1. The van der Waals surface area contributed by atoms with E-state index in [0.717, 1.165) is 25.9 Å². The zero-order valence-corrected chi connectivity index (χ0v) is 13.1. The number of hydrogen-bond acceptors (Lipinski definition) is 6. The van der Waals surface area contributed by atoms with E-state index in [4.69, 9.17) is 5.73 Å². The second-order valence-electron chi connectivity index (χ2n) is 5.99. The first-order valence-corrected chi connectivity index (χ1v) is 8.03. The van der Waals surface area contributed by atoms with Crippen molar-refractivity contribution >= 4 is 28.9 Å². The lowest BCUT2D eigenvalue weighted by Crippen LogP contribution is -2.31. The molecule has 7 heteroatoms. The van der Waals surface area contributed by atoms with Crippen LogP contribution in [0.15, 0.2) is 30.3 Å². The Kier molecular flexibility index (Phi) is 3.41. The number of anilines is 2. The van der Waals surface area contributed by atoms with Crippen molar-refractivity contribution in [2.45, 2.75) is 19.3 Å². The van der Waals surface area contributed by atoms with Crippen molar-refractivity contribution in [2.24, 2.45) is 0 Å². The van der Waals surface area contributed by atoms with Crippen molar-refractivity contribution in [3.63, 3.8) is 0 Å². The molecule has 0 amide bonds. The molecule has 122 valence electrons. The van der Waals surface area contributed by atoms with Crippen molar-refractivity contribution in [3.05, 3.63) is 46.8 Å². The summed E-state index contributed by atoms with van der Waals surface area (Å²) >= 11 is 0. The predicted octanol–water partition coefficient (Wildman–Crippen LogP) is 1.88. The van der Waals surface area contributed by atoms with Gasteiger partial charge >= 0.3 is 0 Å². The Morgan fingerprint density at radius 1 is 1.08 bits per heavy atom. The summed E-state index contributed by atoms with van der Waals surface area (Å²) in [6.45, 7) is 1.67. The van der Waals surface area contributed by atoms with E-state index in [1.54, 1.807) is 24.3 Å². The van der Waals surface area contributed by atoms with Crippen LogP contribution in [-0.2, 0) is 0 Å². The maximum absolute atomic E-state index is 12.8. The van der Waals surface area contributed by atoms with Gasteiger partial charge in [-0.05, 0) is 31.4 Å². The molecular weight excluding hydrogens is 306 g/mol. The van der Waals surface area contributed by atoms with Gasteiger partial charge in [-0.2, -0.15) is 9.72 Å². The van der Waals surface area contributed by atoms with Gasteiger partial charge in [-0.1, -0.05) is 18.2 Å². The topological polar surface area (TPSA) is 98.2 Å². The summed E-state index contributed by atoms with van der Waals surface area (Å²) in [5.74, 6) is 0.0791. The summed E-state index contributed by atoms with van der Waals surface area (Å²) in [5, 5.41) is 12.6. The molecule has 1 saturated heterocycles. The third kappa shape index (κ3) is 2.20. The standard InChI is InChI=1S/C17H17N5O2/c18-16-14-12(19-17(20-16)21-9-5-2-6-10-21)15(23)13(22(14)24)11-7-3-1-4-8-11/h1,3-4,7-8H,2,5-6,9-10H2,(H2,18,19,20). The Labute approximate surface area is 139 Å². The number of nitrogen functional groups attached to an aromatic ring is 1. The molecule has 0 atom stereocenters. The lowest BCUT2D eigenvalue weighted by molar-refractivity contribution is -0.355. The summed E-state index contributed by atoms with van der Waals surface area (Å²) in [4.78, 5) is 23.4. The Morgan fingerprint density at radius 2 is 1.79 bits per heavy atom. The van der Waals surface area contributed by atoms with Crippen molar-refractivity contribution in [2.75, 3.05) is 23.7 Å². The van der Waals surface area contributed by atoms with Crippen LogP contribution in [0.25, 0.3) is 0 Å². The SMILES string of the molecule is Nc1nc(N2CCCCC2)nc2c1[N+]([O-])=C(c1ccccc1)C2=O. The quantitative estimate of drug-likeness (QED) is 0.669. The first-order chi connectivity index (χ1) is 11.7. The summed E-state index contributed by atoms with van der Waals surface area (Å²) in [5.41, 5.74) is 6.73. The van der Waals surface area contributed by atoms with E-state index in [-0.39, 0.29) is 22.9 Å². The molecule has 24 heavy (non-hydrogen) atoms. The second kappa shape index (κ2) is 5.59. The number of Topliss-reactive ketones (excluding diaryl/α,β-unsaturated/α-hetero) is 1. The number of benzene rings is 1. The lowest BCUT2D eigenvalue weighted by Gasteiger charge is -2.26. The first kappa shape index (κ1) is 14.6. The van der Waals surface area contributed by atoms with E-state index in [0.29, 0.717) is 16.3 Å². The Bertz CT molecular complexity index is 842. The van der Waals surface area contributed by atoms with E-state index < -0.39 is 5.78 Å². The van der Waals surface area contributed by atoms with Crippen LogP contribution >= 0.6 is 0 Å². The van der Waals surface area contributed by atoms with Crippen LogP contribution in [0.4, 0.5) is 17.5 Å². The molecule has 0 saturated carbocycles. The number of aromatic nitrogens is 2. The molecule has 2 aromatic rings. The predicted molar refractivity (Wildman–Crippen MR) is 90.7 cm³/mol. The minimum atomic E-state index is -0.404. The third-order valence-corrected chi connectivity index (χ3v) is 4.42. The van der Waals surface area contributed by atoms with Gasteiger partial charge < -0.3 is 15.8 Å². The number of ketones is 1. The van der Waals surface area contributed by atoms with Gasteiger partial charge in [0.2, 0.25) is 11.8 Å². The fourth-order valence-electron chi connectivity index (χ4n) is 3.21. The van der Waals surface area contributed by atoms with Crippen LogP contribution in [0.1, 0.15) is 35.3 Å². The summed E-state index contributed by atoms with van der Waals surface area (Å²) in [7, 11) is 0. The highest BCUT2D eigenvalue weighted by molar-refractivity contribution is 6.51. The molecule has 0 spiro atoms. The van der Waals surface area contributed by atoms with Gasteiger partial charge in [-0.3, -0.25) is 4.79 Å². The van der Waals surface area contributed by atoms with Gasteiger partial charge in [0.15, 0.2) is 5.69 Å². The van der Waals surface area contributed by atoms with Crippen molar-refractivity contribution in [1.82, 2.24) is 9.97 Å². The Morgan fingerprint density at radius 3 is 2.50 bits per heavy atom. The van der Waals surface area contributed by atoms with Crippen LogP contribution in [-0.4, -0.2) is 39.3 Å². The number of carbonyl (C=O) groups is 1. The van der Waals surface area contributed by atoms with Gasteiger partial charge in [-0.15, -0.1) is 0 Å². The molecule has 1 aromatic carbocycles. The number of nitrogens with two attached hydrogens (primary N) is 1. The molecule has 7 nitrogen and oxygen atoms in total. The molecule has 3 heterocycles. The highest BCUT2D eigenvalue weighted by atomic mass is 16.5. The number of rotatable bonds is 2. The van der Waals surface area contributed by atoms with Crippen molar-refractivity contribution in [1.29, 1.82) is 0 Å². The summed E-state index contributed by atoms with van der Waals surface area (Å²) in [6, 6.07) is 8.83. The molecule has 2 N–H and O–H groups in total. The maximum atomic E-state index is 12.8. The number of fused-ring (bicyclic) bond motifs is 1. The highest BCUT2D eigenvalue weighted by Gasteiger charge is 2.41. The number of nitrogens with zero attached hydrogens (tertiary/aromatic N) is 4. The van der Waals surface area contributed by atoms with E-state index in [9.17, 15) is 10.0 Å². The van der Waals surface area contributed by atoms with Crippen LogP contribution in [0, 0.1) is 5.21 Å². The van der Waals surface area contributed by atoms with Gasteiger partial charge in [0.1, 0.15) is 0 Å². The van der Waals surface area contributed by atoms with Crippen LogP contribution < -0.4 is 10.6 Å². The molecule has 2 aliphatic rings. The van der Waals surface area contributed by atoms with Gasteiger partial charge in [-0.25, -0.2) is 4.98 Å². The lowest BCUT2D eigenvalue weighted by atomic mass is 10.1. The first-order valence-electron chi connectivity index (χ1n) is 8.03. The number of carbonyl (C=O) groups excluding carboxylic acids is 1. The van der Waals surface area contributed by atoms with Crippen LogP contribution in [0.2, 0.25) is 0 Å². The summed E-state index contributed by atoms with van der Waals surface area (Å²) < 4.78 is 0.558. The molecule has 1 fully saturated rings. The molecule has 0 aliphatic carbocycles. The number of hydrogen-bond donors (Lipinski definition) is 1. The molecule has 0 bridgehead atoms. The monoisotopic (exact) mass is 323 g/mol. The third-order valence-electron chi connectivity index (χ3n) is 4.42. The molecular formula is C17H17N5O2. The molecule has 1 aromatic heterocycles. The Balaban J connectivity index is 1.79. The second-order valence-corrected chi connectivity index (χ2v) is 5.99. The minimum Gasteiger partial charge on any atom is -0.618 e. The molecule has 0 unspecified atom stereocenters. The normalized spacial score (nSPS) is 17.3. The van der Waals surface area contributed by atoms with Crippen molar-refractivity contribution in [3.8, 4) is 0 Å². The largest absolute Gasteiger partial charge is 0.618 e. The molecule has 2 aliphatic heterocycles. The van der Waals surface area contributed by atoms with E-state index >= 15 is 0 Å². The zero-order valence-electron chi connectivity index (χ0n) is 13.1. The zero-order chi connectivity index (χ0) is 16.7. The van der Waals surface area contributed by atoms with Gasteiger partial charge in [0.25, 0.3) is 17.2 Å². The minimum absolute atomic E-state index is 0.0439. The van der Waals surface area contributed by atoms with Gasteiger partial charge in [0.05, 0.1) is 5.56 Å². The van der Waals surface area contributed by atoms with Crippen molar-refractivity contribution < 1.29 is 9.53 Å². The van der Waals surface area contributed by atoms with E-state index in [1.165, 1.54) is 6.42 Å². The molecule has 4 rings (SSSR count). The molecule has 0 radical (unpaired) electrons. The fraction of sp³-hybridized carbons (Fsp3) is 0.294. The maximum Gasteiger partial charge on any atom is 0.290 e. The summed E-state index contributed by atoms with van der Waals surface area (Å²) in [6.07, 6.45) is 3.29. The average Bonchev–Trinajstić information content (AvgIpc) is 2.87. The van der Waals surface area contributed by atoms with Crippen LogP contribution in [0.5, 0.6) is 0 Å². The van der Waals surface area contributed by atoms with Gasteiger partial charge in [0, 0.05) is 13.1 Å². The Hall–Kier alpha value is -2.96. The van der Waals surface area contributed by atoms with Crippen LogP contribution in [0.3, 0.4) is 0 Å². The fourth-order valence-corrected chi connectivity index (χ4v) is 3.21. The van der Waals surface area contributed by atoms with E-state index in [2.05, 4.69) is 9.97 Å².